The molecule has 1 rings (SSSR count). The molecule has 0 fully saturated rings. The SMILES string of the molecule is C=CCN(CC(=O)O)C(=O)c1ccc(NC(N)=O)cc1. The van der Waals surface area contributed by atoms with Gasteiger partial charge in [0.05, 0.1) is 0 Å². The number of nitrogens with two attached hydrogens (primary N) is 1. The number of nitrogens with zero attached hydrogens (tertiary/aromatic N) is 1. The van der Waals surface area contributed by atoms with Crippen molar-refractivity contribution in [1.82, 2.24) is 4.90 Å². The average molecular weight is 277 g/mol. The molecule has 0 saturated carbocycles. The molecule has 0 aliphatic heterocycles. The van der Waals surface area contributed by atoms with Gasteiger partial charge < -0.3 is 21.1 Å². The number of primary amides is 1. The molecule has 0 heterocycles. The number of benzene rings is 1. The van der Waals surface area contributed by atoms with Gasteiger partial charge in [0.25, 0.3) is 5.91 Å². The van der Waals surface area contributed by atoms with Crippen molar-refractivity contribution in [3.05, 3.63) is 42.5 Å². The van der Waals surface area contributed by atoms with Gasteiger partial charge in [-0.05, 0) is 24.3 Å². The predicted molar refractivity (Wildman–Crippen MR) is 73.4 cm³/mol. The van der Waals surface area contributed by atoms with Crippen molar-refractivity contribution < 1.29 is 19.5 Å². The zero-order chi connectivity index (χ0) is 15.1. The van der Waals surface area contributed by atoms with Gasteiger partial charge in [0.15, 0.2) is 0 Å². The normalized spacial score (nSPS) is 9.60. The zero-order valence-corrected chi connectivity index (χ0v) is 10.7. The van der Waals surface area contributed by atoms with Crippen LogP contribution in [0.25, 0.3) is 0 Å². The lowest BCUT2D eigenvalue weighted by molar-refractivity contribution is -0.137. The van der Waals surface area contributed by atoms with Crippen molar-refractivity contribution in [3.63, 3.8) is 0 Å². The Morgan fingerprint density at radius 3 is 2.35 bits per heavy atom. The van der Waals surface area contributed by atoms with Gasteiger partial charge in [-0.2, -0.15) is 0 Å². The van der Waals surface area contributed by atoms with Crippen LogP contribution in [0.15, 0.2) is 36.9 Å². The van der Waals surface area contributed by atoms with E-state index in [9.17, 15) is 14.4 Å². The number of carbonyl (C=O) groups is 3. The Hall–Kier alpha value is -2.83. The standard InChI is InChI=1S/C13H15N3O4/c1-2-7-16(8-11(17)18)12(19)9-3-5-10(6-4-9)15-13(14)20/h2-6H,1,7-8H2,(H,17,18)(H3,14,15,20). The Morgan fingerprint density at radius 2 is 1.90 bits per heavy atom. The van der Waals surface area contributed by atoms with Crippen molar-refractivity contribution >= 4 is 23.6 Å². The van der Waals surface area contributed by atoms with E-state index >= 15 is 0 Å². The van der Waals surface area contributed by atoms with Gasteiger partial charge >= 0.3 is 12.0 Å². The minimum atomic E-state index is -1.10. The van der Waals surface area contributed by atoms with Crippen LogP contribution in [0.4, 0.5) is 10.5 Å². The second kappa shape index (κ2) is 6.93. The topological polar surface area (TPSA) is 113 Å². The minimum absolute atomic E-state index is 0.131. The lowest BCUT2D eigenvalue weighted by Gasteiger charge is -2.18. The second-order valence-corrected chi connectivity index (χ2v) is 3.93. The van der Waals surface area contributed by atoms with Crippen molar-refractivity contribution in [2.24, 2.45) is 5.73 Å². The molecule has 0 aliphatic carbocycles. The van der Waals surface area contributed by atoms with E-state index in [1.807, 2.05) is 0 Å². The number of nitrogens with one attached hydrogen (secondary N) is 1. The van der Waals surface area contributed by atoms with Crippen molar-refractivity contribution in [2.75, 3.05) is 18.4 Å². The van der Waals surface area contributed by atoms with Crippen LogP contribution in [-0.2, 0) is 4.79 Å². The summed E-state index contributed by atoms with van der Waals surface area (Å²) in [6, 6.07) is 5.26. The molecule has 0 radical (unpaired) electrons. The summed E-state index contributed by atoms with van der Waals surface area (Å²) in [5.74, 6) is -1.54. The van der Waals surface area contributed by atoms with Gasteiger partial charge in [-0.3, -0.25) is 9.59 Å². The molecule has 4 N–H and O–H groups in total. The maximum absolute atomic E-state index is 12.1. The van der Waals surface area contributed by atoms with Crippen LogP contribution in [0, 0.1) is 0 Å². The van der Waals surface area contributed by atoms with Gasteiger partial charge in [-0.25, -0.2) is 4.79 Å². The summed E-state index contributed by atoms with van der Waals surface area (Å²) in [6.07, 6.45) is 1.45. The van der Waals surface area contributed by atoms with Gasteiger partial charge in [0, 0.05) is 17.8 Å². The van der Waals surface area contributed by atoms with Gasteiger partial charge in [-0.1, -0.05) is 6.08 Å². The highest BCUT2D eigenvalue weighted by atomic mass is 16.4. The van der Waals surface area contributed by atoms with E-state index in [0.29, 0.717) is 11.3 Å². The molecule has 7 nitrogen and oxygen atoms in total. The third kappa shape index (κ3) is 4.45. The predicted octanol–water partition coefficient (Wildman–Crippen LogP) is 0.890. The van der Waals surface area contributed by atoms with Crippen molar-refractivity contribution in [1.29, 1.82) is 0 Å². The third-order valence-corrected chi connectivity index (χ3v) is 2.36. The maximum Gasteiger partial charge on any atom is 0.323 e. The second-order valence-electron chi connectivity index (χ2n) is 3.93. The number of carbonyl (C=O) groups excluding carboxylic acids is 2. The number of anilines is 1. The fourth-order valence-electron chi connectivity index (χ4n) is 1.56. The molecule has 0 bridgehead atoms. The van der Waals surface area contributed by atoms with Crippen LogP contribution in [0.3, 0.4) is 0 Å². The van der Waals surface area contributed by atoms with E-state index in [0.717, 1.165) is 4.90 Å². The Labute approximate surface area is 115 Å². The maximum atomic E-state index is 12.1. The number of aliphatic carboxylic acids is 1. The van der Waals surface area contributed by atoms with Gasteiger partial charge in [-0.15, -0.1) is 6.58 Å². The monoisotopic (exact) mass is 277 g/mol. The molecule has 0 atom stereocenters. The minimum Gasteiger partial charge on any atom is -0.480 e. The van der Waals surface area contributed by atoms with Crippen LogP contribution in [0.2, 0.25) is 0 Å². The first-order valence-corrected chi connectivity index (χ1v) is 5.72. The van der Waals surface area contributed by atoms with Gasteiger partial charge in [0.2, 0.25) is 0 Å². The van der Waals surface area contributed by atoms with Crippen LogP contribution in [0.1, 0.15) is 10.4 Å². The summed E-state index contributed by atoms with van der Waals surface area (Å²) < 4.78 is 0. The van der Waals surface area contributed by atoms with E-state index in [1.165, 1.54) is 30.3 Å². The zero-order valence-electron chi connectivity index (χ0n) is 10.7. The molecule has 0 aliphatic rings. The summed E-state index contributed by atoms with van der Waals surface area (Å²) >= 11 is 0. The first-order valence-electron chi connectivity index (χ1n) is 5.72. The quantitative estimate of drug-likeness (QED) is 0.670. The molecule has 1 aromatic carbocycles. The molecule has 20 heavy (non-hydrogen) atoms. The van der Waals surface area contributed by atoms with E-state index < -0.39 is 24.5 Å². The van der Waals surface area contributed by atoms with Crippen LogP contribution in [0.5, 0.6) is 0 Å². The Kier molecular flexibility index (Phi) is 5.28. The molecular formula is C13H15N3O4. The Bertz CT molecular complexity index is 525. The average Bonchev–Trinajstić information content (AvgIpc) is 2.37. The van der Waals surface area contributed by atoms with E-state index in [-0.39, 0.29) is 6.54 Å². The summed E-state index contributed by atoms with van der Waals surface area (Å²) in [4.78, 5) is 34.6. The largest absolute Gasteiger partial charge is 0.480 e. The van der Waals surface area contributed by atoms with Crippen molar-refractivity contribution in [3.8, 4) is 0 Å². The highest BCUT2D eigenvalue weighted by Gasteiger charge is 2.17. The summed E-state index contributed by atoms with van der Waals surface area (Å²) in [5, 5.41) is 11.1. The first kappa shape index (κ1) is 15.2. The third-order valence-electron chi connectivity index (χ3n) is 2.36. The molecule has 0 unspecified atom stereocenters. The first-order chi connectivity index (χ1) is 9.43. The summed E-state index contributed by atoms with van der Waals surface area (Å²) in [6.45, 7) is 3.20. The molecule has 3 amide bonds. The van der Waals surface area contributed by atoms with Crippen LogP contribution < -0.4 is 11.1 Å². The molecular weight excluding hydrogens is 262 g/mol. The highest BCUT2D eigenvalue weighted by Crippen LogP contribution is 2.11. The van der Waals surface area contributed by atoms with Gasteiger partial charge in [0.1, 0.15) is 6.54 Å². The van der Waals surface area contributed by atoms with Crippen LogP contribution >= 0.6 is 0 Å². The summed E-state index contributed by atoms with van der Waals surface area (Å²) in [7, 11) is 0. The van der Waals surface area contributed by atoms with E-state index in [2.05, 4.69) is 11.9 Å². The molecule has 7 heteroatoms. The fraction of sp³-hybridized carbons (Fsp3) is 0.154. The van der Waals surface area contributed by atoms with E-state index in [1.54, 1.807) is 0 Å². The number of urea groups is 1. The Morgan fingerprint density at radius 1 is 1.30 bits per heavy atom. The molecule has 106 valence electrons. The fourth-order valence-corrected chi connectivity index (χ4v) is 1.56. The molecule has 0 saturated heterocycles. The lowest BCUT2D eigenvalue weighted by Crippen LogP contribution is -2.35. The molecule has 1 aromatic rings. The number of amides is 3. The molecule has 0 spiro atoms. The number of rotatable bonds is 6. The number of carboxylic acids is 1. The van der Waals surface area contributed by atoms with E-state index in [4.69, 9.17) is 10.8 Å². The number of carboxylic acid groups (broad SMARTS) is 1. The number of hydrogen-bond acceptors (Lipinski definition) is 3. The lowest BCUT2D eigenvalue weighted by atomic mass is 10.1. The van der Waals surface area contributed by atoms with Crippen LogP contribution in [-0.4, -0.2) is 41.0 Å². The van der Waals surface area contributed by atoms with Crippen molar-refractivity contribution in [2.45, 2.75) is 0 Å². The smallest absolute Gasteiger partial charge is 0.323 e. The highest BCUT2D eigenvalue weighted by molar-refractivity contribution is 5.96. The number of hydrogen-bond donors (Lipinski definition) is 3. The Balaban J connectivity index is 2.85. The molecule has 0 aromatic heterocycles. The summed E-state index contributed by atoms with van der Waals surface area (Å²) in [5.41, 5.74) is 5.72.